The molecule has 2 aromatic rings. The summed E-state index contributed by atoms with van der Waals surface area (Å²) in [6.45, 7) is 0. The fourth-order valence-electron chi connectivity index (χ4n) is 2.43. The highest BCUT2D eigenvalue weighted by Gasteiger charge is 2.36. The minimum Gasteiger partial charge on any atom is -0.496 e. The maximum Gasteiger partial charge on any atom is 0.405 e. The number of ether oxygens (including phenoxy) is 1. The van der Waals surface area contributed by atoms with Crippen LogP contribution >= 0.6 is 15.9 Å². The van der Waals surface area contributed by atoms with Crippen LogP contribution in [0.25, 0.3) is 0 Å². The van der Waals surface area contributed by atoms with Gasteiger partial charge in [0.15, 0.2) is 0 Å². The summed E-state index contributed by atoms with van der Waals surface area (Å²) in [5.41, 5.74) is 0.839. The predicted molar refractivity (Wildman–Crippen MR) is 90.8 cm³/mol. The molecule has 0 saturated heterocycles. The Morgan fingerprint density at radius 1 is 1.25 bits per heavy atom. The lowest BCUT2D eigenvalue weighted by Crippen LogP contribution is -2.34. The molecule has 2 rings (SSSR count). The van der Waals surface area contributed by atoms with E-state index in [1.165, 1.54) is 7.11 Å². The van der Waals surface area contributed by atoms with Gasteiger partial charge in [0.1, 0.15) is 11.8 Å². The van der Waals surface area contributed by atoms with Gasteiger partial charge in [0.25, 0.3) is 6.04 Å². The molecule has 8 heteroatoms. The van der Waals surface area contributed by atoms with Gasteiger partial charge in [-0.2, -0.15) is 0 Å². The van der Waals surface area contributed by atoms with E-state index in [4.69, 9.17) is 9.84 Å². The summed E-state index contributed by atoms with van der Waals surface area (Å²) in [5, 5.41) is 23.0. The first-order chi connectivity index (χ1) is 11.4. The average Bonchev–Trinajstić information content (AvgIpc) is 2.55. The third-order valence-electron chi connectivity index (χ3n) is 3.50. The highest BCUT2D eigenvalue weighted by Crippen LogP contribution is 2.35. The van der Waals surface area contributed by atoms with Gasteiger partial charge in [0.05, 0.1) is 11.6 Å². The van der Waals surface area contributed by atoms with E-state index >= 15 is 0 Å². The van der Waals surface area contributed by atoms with Crippen molar-refractivity contribution in [2.24, 2.45) is 0 Å². The highest BCUT2D eigenvalue weighted by atomic mass is 79.9. The van der Waals surface area contributed by atoms with Crippen LogP contribution in [-0.4, -0.2) is 23.2 Å². The number of benzene rings is 2. The summed E-state index contributed by atoms with van der Waals surface area (Å²) < 4.78 is 5.86. The zero-order chi connectivity index (χ0) is 17.7. The van der Waals surface area contributed by atoms with Crippen LogP contribution in [0.3, 0.4) is 0 Å². The first-order valence-corrected chi connectivity index (χ1v) is 7.74. The van der Waals surface area contributed by atoms with Crippen LogP contribution in [0.5, 0.6) is 5.75 Å². The Bertz CT molecular complexity index is 739. The molecule has 0 spiro atoms. The fourth-order valence-corrected chi connectivity index (χ4v) is 2.84. The first-order valence-electron chi connectivity index (χ1n) is 6.95. The summed E-state index contributed by atoms with van der Waals surface area (Å²) in [5.74, 6) is 0.458. The van der Waals surface area contributed by atoms with Gasteiger partial charge in [-0.3, -0.25) is 10.1 Å². The highest BCUT2D eigenvalue weighted by molar-refractivity contribution is 9.10. The molecule has 2 N–H and O–H groups in total. The van der Waals surface area contributed by atoms with E-state index in [0.717, 1.165) is 0 Å². The van der Waals surface area contributed by atoms with Gasteiger partial charge in [-0.15, -0.1) is 0 Å². The van der Waals surface area contributed by atoms with Gasteiger partial charge in [0, 0.05) is 10.5 Å². The second-order valence-electron chi connectivity index (χ2n) is 4.96. The number of methoxy groups -OCH3 is 1. The van der Waals surface area contributed by atoms with Crippen LogP contribution in [0.15, 0.2) is 53.0 Å². The number of halogens is 1. The summed E-state index contributed by atoms with van der Waals surface area (Å²) in [4.78, 5) is 22.3. The van der Waals surface area contributed by atoms with Gasteiger partial charge in [0.2, 0.25) is 0 Å². The number of nitrogens with zero attached hydrogens (tertiary/aromatic N) is 1. The normalized spacial score (nSPS) is 12.9. The molecule has 0 aromatic heterocycles. The predicted octanol–water partition coefficient (Wildman–Crippen LogP) is 3.78. The Balaban J connectivity index is 2.54. The molecule has 0 aliphatic heterocycles. The van der Waals surface area contributed by atoms with Crippen LogP contribution in [0.1, 0.15) is 23.2 Å². The minimum atomic E-state index is -1.34. The number of hydrogen-bond donors (Lipinski definition) is 2. The number of carbonyl (C=O) groups is 1. The van der Waals surface area contributed by atoms with Crippen molar-refractivity contribution >= 4 is 22.0 Å². The quantitative estimate of drug-likeness (QED) is 0.573. The summed E-state index contributed by atoms with van der Waals surface area (Å²) in [6, 6.07) is 10.8. The van der Waals surface area contributed by atoms with Crippen molar-refractivity contribution in [2.75, 3.05) is 7.11 Å². The third-order valence-corrected chi connectivity index (χ3v) is 4.15. The van der Waals surface area contributed by atoms with E-state index in [2.05, 4.69) is 21.2 Å². The molecule has 126 valence electrons. The van der Waals surface area contributed by atoms with Gasteiger partial charge >= 0.3 is 6.09 Å². The molecule has 2 unspecified atom stereocenters. The molecule has 0 bridgehead atoms. The second-order valence-corrected chi connectivity index (χ2v) is 5.82. The molecule has 24 heavy (non-hydrogen) atoms. The van der Waals surface area contributed by atoms with Crippen LogP contribution < -0.4 is 10.1 Å². The molecule has 7 nitrogen and oxygen atoms in total. The zero-order valence-electron chi connectivity index (χ0n) is 12.7. The second kappa shape index (κ2) is 7.78. The lowest BCUT2D eigenvalue weighted by Gasteiger charge is -2.22. The number of nitro groups is 1. The van der Waals surface area contributed by atoms with Gasteiger partial charge in [-0.25, -0.2) is 4.79 Å². The zero-order valence-corrected chi connectivity index (χ0v) is 14.3. The molecule has 1 amide bonds. The van der Waals surface area contributed by atoms with Crippen molar-refractivity contribution < 1.29 is 19.6 Å². The van der Waals surface area contributed by atoms with Crippen molar-refractivity contribution in [1.29, 1.82) is 0 Å². The molecule has 2 atom stereocenters. The lowest BCUT2D eigenvalue weighted by molar-refractivity contribution is -0.534. The number of hydrogen-bond acceptors (Lipinski definition) is 4. The topological polar surface area (TPSA) is 102 Å². The largest absolute Gasteiger partial charge is 0.496 e. The Labute approximate surface area is 146 Å². The van der Waals surface area contributed by atoms with Crippen molar-refractivity contribution in [3.8, 4) is 5.75 Å². The van der Waals surface area contributed by atoms with Crippen molar-refractivity contribution in [2.45, 2.75) is 12.1 Å². The maximum atomic E-state index is 11.6. The maximum absolute atomic E-state index is 11.6. The van der Waals surface area contributed by atoms with E-state index in [0.29, 0.717) is 21.3 Å². The van der Waals surface area contributed by atoms with Gasteiger partial charge < -0.3 is 15.2 Å². The smallest absolute Gasteiger partial charge is 0.405 e. The summed E-state index contributed by atoms with van der Waals surface area (Å²) in [7, 11) is 1.46. The van der Waals surface area contributed by atoms with E-state index < -0.39 is 23.1 Å². The SMILES string of the molecule is COc1cc(C(NC(=O)O)C(c2ccccc2)[N+](=O)[O-])ccc1Br. The monoisotopic (exact) mass is 394 g/mol. The third kappa shape index (κ3) is 4.02. The molecule has 0 fully saturated rings. The molecular weight excluding hydrogens is 380 g/mol. The summed E-state index contributed by atoms with van der Waals surface area (Å²) in [6.07, 6.45) is -1.34. The Morgan fingerprint density at radius 3 is 2.46 bits per heavy atom. The molecule has 0 radical (unpaired) electrons. The number of nitrogens with one attached hydrogen (secondary N) is 1. The average molecular weight is 395 g/mol. The molecule has 0 aliphatic carbocycles. The van der Waals surface area contributed by atoms with Gasteiger partial charge in [-0.05, 0) is 33.6 Å². The number of carboxylic acid groups (broad SMARTS) is 1. The van der Waals surface area contributed by atoms with Crippen molar-refractivity contribution in [3.05, 3.63) is 74.2 Å². The van der Waals surface area contributed by atoms with Gasteiger partial charge in [-0.1, -0.05) is 36.4 Å². The van der Waals surface area contributed by atoms with Crippen molar-refractivity contribution in [3.63, 3.8) is 0 Å². The van der Waals surface area contributed by atoms with Crippen LogP contribution in [0, 0.1) is 10.1 Å². The van der Waals surface area contributed by atoms with Crippen LogP contribution in [0.2, 0.25) is 0 Å². The molecule has 0 aliphatic rings. The van der Waals surface area contributed by atoms with E-state index in [-0.39, 0.29) is 0 Å². The fraction of sp³-hybridized carbons (Fsp3) is 0.188. The standard InChI is InChI=1S/C16H15BrN2O5/c1-24-13-9-11(7-8-12(13)17)14(18-16(20)21)15(19(22)23)10-5-3-2-4-6-10/h2-9,14-15,18H,1H3,(H,20,21). The lowest BCUT2D eigenvalue weighted by atomic mass is 9.93. The molecule has 2 aromatic carbocycles. The molecular formula is C16H15BrN2O5. The minimum absolute atomic E-state index is 0.406. The van der Waals surface area contributed by atoms with E-state index in [1.54, 1.807) is 48.5 Å². The number of rotatable bonds is 6. The number of amides is 1. The van der Waals surface area contributed by atoms with E-state index in [1.807, 2.05) is 0 Å². The Hall–Kier alpha value is -2.61. The first kappa shape index (κ1) is 17.7. The van der Waals surface area contributed by atoms with Crippen molar-refractivity contribution in [1.82, 2.24) is 5.32 Å². The van der Waals surface area contributed by atoms with E-state index in [9.17, 15) is 14.9 Å². The summed E-state index contributed by atoms with van der Waals surface area (Å²) >= 11 is 3.31. The van der Waals surface area contributed by atoms with Crippen LogP contribution in [0.4, 0.5) is 4.79 Å². The molecule has 0 saturated carbocycles. The Morgan fingerprint density at radius 2 is 1.92 bits per heavy atom. The Kier molecular flexibility index (Phi) is 5.75. The molecule has 0 heterocycles. The van der Waals surface area contributed by atoms with Crippen LogP contribution in [-0.2, 0) is 0 Å².